The summed E-state index contributed by atoms with van der Waals surface area (Å²) >= 11 is 0. The van der Waals surface area contributed by atoms with Crippen molar-refractivity contribution in [2.24, 2.45) is 0 Å². The van der Waals surface area contributed by atoms with Crippen LogP contribution in [-0.2, 0) is 11.3 Å². The van der Waals surface area contributed by atoms with Crippen molar-refractivity contribution in [1.82, 2.24) is 4.90 Å². The lowest BCUT2D eigenvalue weighted by Crippen LogP contribution is -2.55. The second-order valence-electron chi connectivity index (χ2n) is 8.68. The summed E-state index contributed by atoms with van der Waals surface area (Å²) in [6.45, 7) is -0.190. The molecule has 182 valence electrons. The van der Waals surface area contributed by atoms with E-state index in [4.69, 9.17) is 9.15 Å². The van der Waals surface area contributed by atoms with Gasteiger partial charge in [-0.15, -0.1) is 0 Å². The molecule has 0 radical (unpaired) electrons. The fourth-order valence-corrected chi connectivity index (χ4v) is 4.25. The summed E-state index contributed by atoms with van der Waals surface area (Å²) < 4.78 is 11.3. The third kappa shape index (κ3) is 4.16. The van der Waals surface area contributed by atoms with Gasteiger partial charge in [0.1, 0.15) is 53.9 Å². The van der Waals surface area contributed by atoms with Gasteiger partial charge in [0, 0.05) is 12.1 Å². The van der Waals surface area contributed by atoms with Crippen molar-refractivity contribution in [2.75, 3.05) is 20.7 Å². The normalized spacial score (nSPS) is 25.2. The Balaban J connectivity index is 1.84. The van der Waals surface area contributed by atoms with Gasteiger partial charge in [-0.05, 0) is 43.9 Å². The molecule has 1 saturated heterocycles. The van der Waals surface area contributed by atoms with Crippen molar-refractivity contribution in [2.45, 2.75) is 37.1 Å². The molecule has 4 rings (SSSR count). The Morgan fingerprint density at radius 3 is 2.35 bits per heavy atom. The summed E-state index contributed by atoms with van der Waals surface area (Å²) in [5.41, 5.74) is 0.788. The quantitative estimate of drug-likeness (QED) is 0.306. The first-order chi connectivity index (χ1) is 16.1. The average Bonchev–Trinajstić information content (AvgIpc) is 2.80. The number of benzene rings is 2. The summed E-state index contributed by atoms with van der Waals surface area (Å²) in [7, 11) is 3.70. The minimum absolute atomic E-state index is 0.0645. The lowest BCUT2D eigenvalue weighted by molar-refractivity contribution is -0.231. The summed E-state index contributed by atoms with van der Waals surface area (Å²) in [6.07, 6.45) is -6.26. The van der Waals surface area contributed by atoms with Gasteiger partial charge >= 0.3 is 0 Å². The molecule has 1 fully saturated rings. The molecular weight excluding hydrogens is 446 g/mol. The van der Waals surface area contributed by atoms with Crippen LogP contribution in [0.5, 0.6) is 11.5 Å². The van der Waals surface area contributed by atoms with E-state index in [0.717, 1.165) is 0 Å². The summed E-state index contributed by atoms with van der Waals surface area (Å²) in [5.74, 6) is -0.261. The van der Waals surface area contributed by atoms with E-state index in [9.17, 15) is 35.4 Å². The monoisotopic (exact) mass is 473 g/mol. The summed E-state index contributed by atoms with van der Waals surface area (Å²) in [5, 5.41) is 61.0. The second-order valence-corrected chi connectivity index (χ2v) is 8.68. The van der Waals surface area contributed by atoms with Crippen LogP contribution in [0.2, 0.25) is 0 Å². The molecule has 5 atom stereocenters. The van der Waals surface area contributed by atoms with Crippen molar-refractivity contribution in [3.63, 3.8) is 0 Å². The van der Waals surface area contributed by atoms with Gasteiger partial charge in [0.25, 0.3) is 0 Å². The third-order valence-electron chi connectivity index (χ3n) is 6.01. The Morgan fingerprint density at radius 2 is 1.68 bits per heavy atom. The molecule has 1 aromatic heterocycles. The van der Waals surface area contributed by atoms with Gasteiger partial charge in [0.05, 0.1) is 23.1 Å². The molecular formula is C24H27NO9. The van der Waals surface area contributed by atoms with E-state index in [1.807, 2.05) is 19.0 Å². The van der Waals surface area contributed by atoms with E-state index in [1.54, 1.807) is 12.1 Å². The minimum atomic E-state index is -1.66. The molecule has 2 heterocycles. The van der Waals surface area contributed by atoms with E-state index in [-0.39, 0.29) is 33.6 Å². The SMILES string of the molecule is CN(C)Cc1cc(-c2coc3c([C@H]4O[C@H](CO)[C@H](O)[C@H](O)[C@H]4O)c(O)ccc3c2=O)ccc1O. The number of aliphatic hydroxyl groups excluding tert-OH is 4. The van der Waals surface area contributed by atoms with Crippen LogP contribution in [-0.4, -0.2) is 80.7 Å². The van der Waals surface area contributed by atoms with Crippen molar-refractivity contribution >= 4 is 11.0 Å². The lowest BCUT2D eigenvalue weighted by Gasteiger charge is -2.40. The molecule has 0 aliphatic carbocycles. The summed E-state index contributed by atoms with van der Waals surface area (Å²) in [4.78, 5) is 15.2. The Kier molecular flexibility index (Phi) is 6.63. The van der Waals surface area contributed by atoms with Crippen molar-refractivity contribution < 1.29 is 39.8 Å². The molecule has 0 spiro atoms. The van der Waals surface area contributed by atoms with Crippen molar-refractivity contribution in [1.29, 1.82) is 0 Å². The molecule has 1 aliphatic heterocycles. The van der Waals surface area contributed by atoms with Crippen LogP contribution >= 0.6 is 0 Å². The Hall–Kier alpha value is -2.99. The highest BCUT2D eigenvalue weighted by molar-refractivity contribution is 5.86. The molecule has 3 aromatic rings. The number of ether oxygens (including phenoxy) is 1. The number of phenols is 2. The maximum atomic E-state index is 13.4. The molecule has 0 bridgehead atoms. The molecule has 0 amide bonds. The van der Waals surface area contributed by atoms with Crippen molar-refractivity contribution in [3.05, 3.63) is 57.9 Å². The third-order valence-corrected chi connectivity index (χ3v) is 6.01. The number of rotatable bonds is 5. The standard InChI is InChI=1S/C24H27NO9/c1-25(2)8-12-7-11(3-5-15(12)27)14-10-33-23-13(19(14)29)4-6-16(28)18(23)24-22(32)21(31)20(30)17(9-26)34-24/h3-7,10,17,20-22,24,26-28,30-32H,8-9H2,1-2H3/t17-,20+,21+,22-,24-/m1/s1. The van der Waals surface area contributed by atoms with Crippen molar-refractivity contribution in [3.8, 4) is 22.6 Å². The van der Waals surface area contributed by atoms with Gasteiger partial charge in [0.2, 0.25) is 5.43 Å². The van der Waals surface area contributed by atoms with Gasteiger partial charge in [-0.1, -0.05) is 6.07 Å². The number of fused-ring (bicyclic) bond motifs is 1. The molecule has 2 aromatic carbocycles. The van der Waals surface area contributed by atoms with E-state index in [0.29, 0.717) is 17.7 Å². The molecule has 1 aliphatic rings. The van der Waals surface area contributed by atoms with Crippen LogP contribution in [0, 0.1) is 0 Å². The first-order valence-corrected chi connectivity index (χ1v) is 10.7. The van der Waals surface area contributed by atoms with Crippen LogP contribution in [0.3, 0.4) is 0 Å². The van der Waals surface area contributed by atoms with Crippen LogP contribution < -0.4 is 5.43 Å². The fraction of sp³-hybridized carbons (Fsp3) is 0.375. The highest BCUT2D eigenvalue weighted by atomic mass is 16.5. The largest absolute Gasteiger partial charge is 0.508 e. The Bertz CT molecular complexity index is 1250. The van der Waals surface area contributed by atoms with E-state index in [2.05, 4.69) is 0 Å². The van der Waals surface area contributed by atoms with Crippen LogP contribution in [0.15, 0.2) is 45.8 Å². The lowest BCUT2D eigenvalue weighted by atomic mass is 9.89. The Morgan fingerprint density at radius 1 is 0.971 bits per heavy atom. The van der Waals surface area contributed by atoms with E-state index < -0.39 is 42.6 Å². The average molecular weight is 473 g/mol. The maximum absolute atomic E-state index is 13.4. The molecule has 10 nitrogen and oxygen atoms in total. The Labute approximate surface area is 194 Å². The van der Waals surface area contributed by atoms with E-state index >= 15 is 0 Å². The van der Waals surface area contributed by atoms with Gasteiger partial charge in [-0.25, -0.2) is 0 Å². The smallest absolute Gasteiger partial charge is 0.200 e. The zero-order valence-electron chi connectivity index (χ0n) is 18.6. The number of hydrogen-bond acceptors (Lipinski definition) is 10. The highest BCUT2D eigenvalue weighted by Crippen LogP contribution is 2.40. The first kappa shape index (κ1) is 24.1. The van der Waals surface area contributed by atoms with Gasteiger partial charge in [-0.2, -0.15) is 0 Å². The second kappa shape index (κ2) is 9.34. The zero-order chi connectivity index (χ0) is 24.7. The van der Waals surface area contributed by atoms with Gasteiger partial charge in [0.15, 0.2) is 0 Å². The van der Waals surface area contributed by atoms with Crippen LogP contribution in [0.4, 0.5) is 0 Å². The van der Waals surface area contributed by atoms with Gasteiger partial charge < -0.3 is 44.7 Å². The fourth-order valence-electron chi connectivity index (χ4n) is 4.25. The summed E-state index contributed by atoms with van der Waals surface area (Å²) in [6, 6.07) is 7.38. The predicted octanol–water partition coefficient (Wildman–Crippen LogP) is 0.448. The first-order valence-electron chi connectivity index (χ1n) is 10.7. The topological polar surface area (TPSA) is 164 Å². The van der Waals surface area contributed by atoms with Crippen LogP contribution in [0.25, 0.3) is 22.1 Å². The molecule has 0 unspecified atom stereocenters. The molecule has 0 saturated carbocycles. The van der Waals surface area contributed by atoms with Gasteiger partial charge in [-0.3, -0.25) is 4.79 Å². The van der Waals surface area contributed by atoms with Crippen LogP contribution in [0.1, 0.15) is 17.2 Å². The number of aromatic hydroxyl groups is 2. The number of hydrogen-bond donors (Lipinski definition) is 6. The van der Waals surface area contributed by atoms with E-state index in [1.165, 1.54) is 24.5 Å². The predicted molar refractivity (Wildman–Crippen MR) is 121 cm³/mol. The highest BCUT2D eigenvalue weighted by Gasteiger charge is 2.45. The molecule has 6 N–H and O–H groups in total. The zero-order valence-corrected chi connectivity index (χ0v) is 18.6. The number of nitrogens with zero attached hydrogens (tertiary/aromatic N) is 1. The number of phenolic OH excluding ortho intramolecular Hbond substituents is 2. The molecule has 10 heteroatoms. The molecule has 34 heavy (non-hydrogen) atoms. The minimum Gasteiger partial charge on any atom is -0.508 e. The number of aliphatic hydroxyl groups is 4. The maximum Gasteiger partial charge on any atom is 0.200 e.